The molecule has 1 aliphatic heterocycles. The largest absolute Gasteiger partial charge is 0.383 e. The number of hydrogen-bond acceptors (Lipinski definition) is 3. The number of methoxy groups -OCH3 is 1. The van der Waals surface area contributed by atoms with Crippen LogP contribution in [0.1, 0.15) is 45.4 Å². The van der Waals surface area contributed by atoms with Crippen LogP contribution in [-0.4, -0.2) is 50.2 Å². The van der Waals surface area contributed by atoms with Crippen molar-refractivity contribution < 1.29 is 9.53 Å². The van der Waals surface area contributed by atoms with Crippen LogP contribution in [0.25, 0.3) is 0 Å². The molecule has 19 heavy (non-hydrogen) atoms. The maximum atomic E-state index is 13.0. The first kappa shape index (κ1) is 14.8. The standard InChI is InChI=1S/C15H28N2O2/c1-3-7-15(8-4-9-16-12-15)14(18)17(10-11-19-2)13-5-6-13/h13,16H,3-12H2,1-2H3. The molecule has 1 atom stereocenters. The molecule has 1 amide bonds. The summed E-state index contributed by atoms with van der Waals surface area (Å²) in [5.74, 6) is 0.376. The van der Waals surface area contributed by atoms with E-state index in [9.17, 15) is 4.79 Å². The SMILES string of the molecule is CCCC1(C(=O)N(CCOC)C2CC2)CCCNC1. The van der Waals surface area contributed by atoms with Crippen molar-refractivity contribution >= 4 is 5.91 Å². The predicted octanol–water partition coefficient (Wildman–Crippen LogP) is 1.79. The summed E-state index contributed by atoms with van der Waals surface area (Å²) in [7, 11) is 1.71. The molecule has 2 fully saturated rings. The highest BCUT2D eigenvalue weighted by Crippen LogP contribution is 2.37. The number of ether oxygens (including phenoxy) is 1. The van der Waals surface area contributed by atoms with E-state index in [2.05, 4.69) is 17.1 Å². The maximum absolute atomic E-state index is 13.0. The van der Waals surface area contributed by atoms with Gasteiger partial charge in [-0.25, -0.2) is 0 Å². The second-order valence-electron chi connectivity index (χ2n) is 6.03. The summed E-state index contributed by atoms with van der Waals surface area (Å²) in [5.41, 5.74) is -0.149. The van der Waals surface area contributed by atoms with Crippen LogP contribution in [0, 0.1) is 5.41 Å². The first-order chi connectivity index (χ1) is 9.23. The van der Waals surface area contributed by atoms with E-state index < -0.39 is 0 Å². The van der Waals surface area contributed by atoms with Crippen molar-refractivity contribution in [2.75, 3.05) is 33.4 Å². The molecule has 1 heterocycles. The average molecular weight is 268 g/mol. The summed E-state index contributed by atoms with van der Waals surface area (Å²) in [5, 5.41) is 3.43. The molecule has 4 heteroatoms. The first-order valence-electron chi connectivity index (χ1n) is 7.74. The predicted molar refractivity (Wildman–Crippen MR) is 76.1 cm³/mol. The van der Waals surface area contributed by atoms with Crippen molar-refractivity contribution in [2.45, 2.75) is 51.5 Å². The van der Waals surface area contributed by atoms with Crippen molar-refractivity contribution in [2.24, 2.45) is 5.41 Å². The third-order valence-corrected chi connectivity index (χ3v) is 4.44. The lowest BCUT2D eigenvalue weighted by atomic mass is 9.75. The number of amides is 1. The van der Waals surface area contributed by atoms with Gasteiger partial charge in [0.05, 0.1) is 12.0 Å². The zero-order valence-corrected chi connectivity index (χ0v) is 12.4. The molecule has 0 aromatic carbocycles. The van der Waals surface area contributed by atoms with Crippen molar-refractivity contribution in [3.8, 4) is 0 Å². The number of carbonyl (C=O) groups is 1. The molecular formula is C15H28N2O2. The Balaban J connectivity index is 2.07. The van der Waals surface area contributed by atoms with Crippen LogP contribution in [0.3, 0.4) is 0 Å². The molecule has 1 N–H and O–H groups in total. The third kappa shape index (κ3) is 3.48. The molecule has 2 aliphatic rings. The number of rotatable bonds is 7. The van der Waals surface area contributed by atoms with E-state index in [1.54, 1.807) is 7.11 Å². The fraction of sp³-hybridized carbons (Fsp3) is 0.933. The van der Waals surface area contributed by atoms with Gasteiger partial charge in [-0.2, -0.15) is 0 Å². The van der Waals surface area contributed by atoms with Crippen LogP contribution in [0.5, 0.6) is 0 Å². The van der Waals surface area contributed by atoms with Gasteiger partial charge < -0.3 is 15.0 Å². The minimum absolute atomic E-state index is 0.149. The fourth-order valence-electron chi connectivity index (χ4n) is 3.28. The first-order valence-corrected chi connectivity index (χ1v) is 7.74. The quantitative estimate of drug-likeness (QED) is 0.765. The van der Waals surface area contributed by atoms with Crippen LogP contribution in [0.4, 0.5) is 0 Å². The summed E-state index contributed by atoms with van der Waals surface area (Å²) < 4.78 is 5.17. The number of piperidine rings is 1. The summed E-state index contributed by atoms with van der Waals surface area (Å²) in [6.45, 7) is 5.50. The molecular weight excluding hydrogens is 240 g/mol. The van der Waals surface area contributed by atoms with E-state index in [1.165, 1.54) is 12.8 Å². The van der Waals surface area contributed by atoms with E-state index in [-0.39, 0.29) is 5.41 Å². The molecule has 0 aromatic rings. The Morgan fingerprint density at radius 3 is 2.79 bits per heavy atom. The van der Waals surface area contributed by atoms with Crippen molar-refractivity contribution in [1.82, 2.24) is 10.2 Å². The fourth-order valence-corrected chi connectivity index (χ4v) is 3.28. The molecule has 1 saturated carbocycles. The Morgan fingerprint density at radius 2 is 2.26 bits per heavy atom. The van der Waals surface area contributed by atoms with Crippen molar-refractivity contribution in [3.05, 3.63) is 0 Å². The van der Waals surface area contributed by atoms with Crippen molar-refractivity contribution in [1.29, 1.82) is 0 Å². The molecule has 1 aliphatic carbocycles. The van der Waals surface area contributed by atoms with Crippen LogP contribution in [0.15, 0.2) is 0 Å². The van der Waals surface area contributed by atoms with Gasteiger partial charge in [-0.1, -0.05) is 13.3 Å². The second-order valence-corrected chi connectivity index (χ2v) is 6.03. The van der Waals surface area contributed by atoms with Gasteiger partial charge in [-0.05, 0) is 38.6 Å². The third-order valence-electron chi connectivity index (χ3n) is 4.44. The van der Waals surface area contributed by atoms with Gasteiger partial charge in [0, 0.05) is 26.2 Å². The normalized spacial score (nSPS) is 27.3. The van der Waals surface area contributed by atoms with Gasteiger partial charge >= 0.3 is 0 Å². The minimum Gasteiger partial charge on any atom is -0.383 e. The Kier molecular flexibility index (Phi) is 5.22. The lowest BCUT2D eigenvalue weighted by Crippen LogP contribution is -2.53. The molecule has 2 rings (SSSR count). The summed E-state index contributed by atoms with van der Waals surface area (Å²) >= 11 is 0. The summed E-state index contributed by atoms with van der Waals surface area (Å²) in [6, 6.07) is 0.485. The Morgan fingerprint density at radius 1 is 1.47 bits per heavy atom. The Bertz CT molecular complexity index is 291. The molecule has 0 aromatic heterocycles. The monoisotopic (exact) mass is 268 g/mol. The highest BCUT2D eigenvalue weighted by atomic mass is 16.5. The molecule has 110 valence electrons. The van der Waals surface area contributed by atoms with Gasteiger partial charge in [-0.3, -0.25) is 4.79 Å². The molecule has 0 radical (unpaired) electrons. The number of hydrogen-bond donors (Lipinski definition) is 1. The maximum Gasteiger partial charge on any atom is 0.230 e. The van der Waals surface area contributed by atoms with E-state index in [4.69, 9.17) is 4.74 Å². The zero-order chi connectivity index (χ0) is 13.7. The molecule has 1 saturated heterocycles. The van der Waals surface area contributed by atoms with Gasteiger partial charge in [0.1, 0.15) is 0 Å². The Labute approximate surface area is 116 Å². The van der Waals surface area contributed by atoms with Crippen LogP contribution in [0.2, 0.25) is 0 Å². The summed E-state index contributed by atoms with van der Waals surface area (Å²) in [6.07, 6.45) is 6.60. The zero-order valence-electron chi connectivity index (χ0n) is 12.4. The van der Waals surface area contributed by atoms with E-state index in [1.807, 2.05) is 0 Å². The smallest absolute Gasteiger partial charge is 0.230 e. The molecule has 0 spiro atoms. The molecule has 1 unspecified atom stereocenters. The summed E-state index contributed by atoms with van der Waals surface area (Å²) in [4.78, 5) is 15.1. The second kappa shape index (κ2) is 6.71. The van der Waals surface area contributed by atoms with Gasteiger partial charge in [-0.15, -0.1) is 0 Å². The van der Waals surface area contributed by atoms with Crippen LogP contribution < -0.4 is 5.32 Å². The lowest BCUT2D eigenvalue weighted by Gasteiger charge is -2.40. The number of nitrogens with zero attached hydrogens (tertiary/aromatic N) is 1. The van der Waals surface area contributed by atoms with E-state index in [0.29, 0.717) is 18.6 Å². The average Bonchev–Trinajstić information content (AvgIpc) is 3.25. The molecule has 0 bridgehead atoms. The number of nitrogens with one attached hydrogen (secondary N) is 1. The topological polar surface area (TPSA) is 41.6 Å². The highest BCUT2D eigenvalue weighted by molar-refractivity contribution is 5.83. The highest BCUT2D eigenvalue weighted by Gasteiger charge is 2.44. The van der Waals surface area contributed by atoms with E-state index >= 15 is 0 Å². The van der Waals surface area contributed by atoms with E-state index in [0.717, 1.165) is 45.3 Å². The van der Waals surface area contributed by atoms with Gasteiger partial charge in [0.25, 0.3) is 0 Å². The number of carbonyl (C=O) groups excluding carboxylic acids is 1. The Hall–Kier alpha value is -0.610. The lowest BCUT2D eigenvalue weighted by molar-refractivity contribution is -0.145. The minimum atomic E-state index is -0.149. The van der Waals surface area contributed by atoms with Crippen LogP contribution >= 0.6 is 0 Å². The van der Waals surface area contributed by atoms with Crippen molar-refractivity contribution in [3.63, 3.8) is 0 Å². The van der Waals surface area contributed by atoms with Gasteiger partial charge in [0.2, 0.25) is 5.91 Å². The molecule has 4 nitrogen and oxygen atoms in total. The van der Waals surface area contributed by atoms with Gasteiger partial charge in [0.15, 0.2) is 0 Å². The van der Waals surface area contributed by atoms with Crippen LogP contribution in [-0.2, 0) is 9.53 Å².